The molecule has 1 heterocycles. The highest BCUT2D eigenvalue weighted by molar-refractivity contribution is 7.99. The van der Waals surface area contributed by atoms with Crippen molar-refractivity contribution in [3.8, 4) is 0 Å². The average Bonchev–Trinajstić information content (AvgIpc) is 3.06. The number of amides is 3. The Balaban J connectivity index is 1.78. The van der Waals surface area contributed by atoms with Crippen LogP contribution in [-0.4, -0.2) is 34.4 Å². The van der Waals surface area contributed by atoms with Gasteiger partial charge in [0.2, 0.25) is 11.8 Å². The molecule has 1 atom stereocenters. The summed E-state index contributed by atoms with van der Waals surface area (Å²) in [5.41, 5.74) is 1.19. The van der Waals surface area contributed by atoms with Crippen LogP contribution < -0.4 is 10.6 Å². The second-order valence-electron chi connectivity index (χ2n) is 5.31. The third-order valence-corrected chi connectivity index (χ3v) is 4.10. The molecule has 0 aliphatic rings. The summed E-state index contributed by atoms with van der Waals surface area (Å²) in [5, 5.41) is 12.9. The summed E-state index contributed by atoms with van der Waals surface area (Å²) in [6, 6.07) is 9.50. The Bertz CT molecular complexity index is 718. The minimum absolute atomic E-state index is 0.0113. The lowest BCUT2D eigenvalue weighted by Gasteiger charge is -2.08. The van der Waals surface area contributed by atoms with E-state index in [1.54, 1.807) is 0 Å². The van der Waals surface area contributed by atoms with Gasteiger partial charge in [0.05, 0.1) is 5.75 Å². The van der Waals surface area contributed by atoms with E-state index >= 15 is 0 Å². The molecule has 2 N–H and O–H groups in total. The molecule has 2 aromatic rings. The molecule has 0 saturated heterocycles. The van der Waals surface area contributed by atoms with Crippen LogP contribution in [0.25, 0.3) is 0 Å². The van der Waals surface area contributed by atoms with Gasteiger partial charge < -0.3 is 9.73 Å². The van der Waals surface area contributed by atoms with E-state index in [1.165, 1.54) is 11.6 Å². The predicted octanol–water partition coefficient (Wildman–Crippen LogP) is 2.52. The van der Waals surface area contributed by atoms with Crippen molar-refractivity contribution in [2.24, 2.45) is 0 Å². The first kappa shape index (κ1) is 18.7. The van der Waals surface area contributed by atoms with Gasteiger partial charge >= 0.3 is 6.03 Å². The monoisotopic (exact) mass is 360 g/mol. The lowest BCUT2D eigenvalue weighted by Crippen LogP contribution is -2.40. The van der Waals surface area contributed by atoms with Gasteiger partial charge in [-0.25, -0.2) is 4.79 Å². The number of carbonyl (C=O) groups is 2. The first-order valence-electron chi connectivity index (χ1n) is 7.77. The quantitative estimate of drug-likeness (QED) is 0.555. The summed E-state index contributed by atoms with van der Waals surface area (Å²) >= 11 is 1.09. The average molecular weight is 360 g/mol. The number of hydrogen-bond donors (Lipinski definition) is 2. The Kier molecular flexibility index (Phi) is 7.21. The van der Waals surface area contributed by atoms with Crippen molar-refractivity contribution >= 4 is 23.7 Å². The Labute approximate surface area is 150 Å². The molecule has 0 bridgehead atoms. The first-order chi connectivity index (χ1) is 12.1. The standard InChI is InChI=1S/C17H20N4O3S/c1-3-9-18-16(23)19-14(22)11-25-17-21-20-15(24-17)10-12(2)13-7-5-4-6-8-13/h3-8,12H,1,9-11H2,2H3,(H2,18,19,22,23). The Morgan fingerprint density at radius 3 is 2.80 bits per heavy atom. The molecule has 0 aliphatic carbocycles. The van der Waals surface area contributed by atoms with Crippen molar-refractivity contribution in [2.75, 3.05) is 12.3 Å². The van der Waals surface area contributed by atoms with Crippen LogP contribution in [0.4, 0.5) is 4.79 Å². The van der Waals surface area contributed by atoms with Gasteiger partial charge in [0.25, 0.3) is 5.22 Å². The van der Waals surface area contributed by atoms with E-state index in [4.69, 9.17) is 4.42 Å². The maximum atomic E-state index is 11.7. The molecule has 1 unspecified atom stereocenters. The van der Waals surface area contributed by atoms with Crippen molar-refractivity contribution in [2.45, 2.75) is 24.5 Å². The summed E-state index contributed by atoms with van der Waals surface area (Å²) in [6.45, 7) is 5.85. The van der Waals surface area contributed by atoms with Crippen molar-refractivity contribution in [1.29, 1.82) is 0 Å². The molecule has 8 heteroatoms. The van der Waals surface area contributed by atoms with Crippen molar-refractivity contribution in [3.63, 3.8) is 0 Å². The van der Waals surface area contributed by atoms with Crippen LogP contribution in [0.5, 0.6) is 0 Å². The number of nitrogens with zero attached hydrogens (tertiary/aromatic N) is 2. The molecular weight excluding hydrogens is 340 g/mol. The van der Waals surface area contributed by atoms with Crippen LogP contribution in [0, 0.1) is 0 Å². The highest BCUT2D eigenvalue weighted by Crippen LogP contribution is 2.22. The number of thioether (sulfide) groups is 1. The number of rotatable bonds is 8. The number of carbonyl (C=O) groups excluding carboxylic acids is 2. The number of hydrogen-bond acceptors (Lipinski definition) is 6. The molecule has 7 nitrogen and oxygen atoms in total. The molecule has 1 aromatic carbocycles. The zero-order valence-corrected chi connectivity index (χ0v) is 14.7. The van der Waals surface area contributed by atoms with E-state index in [9.17, 15) is 9.59 Å². The fraction of sp³-hybridized carbons (Fsp3) is 0.294. The van der Waals surface area contributed by atoms with E-state index < -0.39 is 11.9 Å². The molecule has 1 aromatic heterocycles. The van der Waals surface area contributed by atoms with Crippen LogP contribution in [-0.2, 0) is 11.2 Å². The zero-order valence-electron chi connectivity index (χ0n) is 13.9. The minimum atomic E-state index is -0.562. The Morgan fingerprint density at radius 1 is 1.32 bits per heavy atom. The predicted molar refractivity (Wildman–Crippen MR) is 95.3 cm³/mol. The van der Waals surface area contributed by atoms with E-state index in [0.29, 0.717) is 24.1 Å². The molecule has 0 spiro atoms. The summed E-state index contributed by atoms with van der Waals surface area (Å²) in [5.74, 6) is 0.334. The molecule has 2 rings (SSSR count). The highest BCUT2D eigenvalue weighted by atomic mass is 32.2. The number of imide groups is 1. The lowest BCUT2D eigenvalue weighted by atomic mass is 9.98. The fourth-order valence-electron chi connectivity index (χ4n) is 2.04. The minimum Gasteiger partial charge on any atom is -0.416 e. The molecular formula is C17H20N4O3S. The first-order valence-corrected chi connectivity index (χ1v) is 8.75. The van der Waals surface area contributed by atoms with Crippen LogP contribution in [0.3, 0.4) is 0 Å². The van der Waals surface area contributed by atoms with Gasteiger partial charge in [-0.1, -0.05) is 55.1 Å². The molecule has 0 aliphatic heterocycles. The van der Waals surface area contributed by atoms with Gasteiger partial charge in [-0.05, 0) is 11.5 Å². The van der Waals surface area contributed by atoms with Gasteiger partial charge in [-0.2, -0.15) is 0 Å². The lowest BCUT2D eigenvalue weighted by molar-refractivity contribution is -0.117. The highest BCUT2D eigenvalue weighted by Gasteiger charge is 2.14. The largest absolute Gasteiger partial charge is 0.416 e. The molecule has 3 amide bonds. The summed E-state index contributed by atoms with van der Waals surface area (Å²) in [4.78, 5) is 23.0. The number of aromatic nitrogens is 2. The SMILES string of the molecule is C=CCNC(=O)NC(=O)CSc1nnc(CC(C)c2ccccc2)o1. The van der Waals surface area contributed by atoms with Gasteiger partial charge in [-0.3, -0.25) is 10.1 Å². The third-order valence-electron chi connectivity index (χ3n) is 3.28. The second-order valence-corrected chi connectivity index (χ2v) is 6.24. The Morgan fingerprint density at radius 2 is 2.08 bits per heavy atom. The molecule has 132 valence electrons. The van der Waals surface area contributed by atoms with Crippen molar-refractivity contribution in [1.82, 2.24) is 20.8 Å². The van der Waals surface area contributed by atoms with Crippen molar-refractivity contribution in [3.05, 3.63) is 54.4 Å². The Hall–Kier alpha value is -2.61. The van der Waals surface area contributed by atoms with E-state index in [2.05, 4.69) is 46.5 Å². The zero-order chi connectivity index (χ0) is 18.1. The normalized spacial score (nSPS) is 11.6. The van der Waals surface area contributed by atoms with Crippen LogP contribution in [0.1, 0.15) is 24.3 Å². The fourth-order valence-corrected chi connectivity index (χ4v) is 2.62. The van der Waals surface area contributed by atoms with Crippen LogP contribution >= 0.6 is 11.8 Å². The molecule has 0 radical (unpaired) electrons. The van der Waals surface area contributed by atoms with Crippen LogP contribution in [0.15, 0.2) is 52.6 Å². The second kappa shape index (κ2) is 9.63. The number of nitrogens with one attached hydrogen (secondary N) is 2. The maximum absolute atomic E-state index is 11.7. The summed E-state index contributed by atoms with van der Waals surface area (Å²) < 4.78 is 5.54. The van der Waals surface area contributed by atoms with Crippen LogP contribution in [0.2, 0.25) is 0 Å². The number of urea groups is 1. The van der Waals surface area contributed by atoms with E-state index in [0.717, 1.165) is 11.8 Å². The van der Waals surface area contributed by atoms with E-state index in [-0.39, 0.29) is 11.7 Å². The molecule has 25 heavy (non-hydrogen) atoms. The van der Waals surface area contributed by atoms with Gasteiger partial charge in [-0.15, -0.1) is 16.8 Å². The molecule has 0 fully saturated rings. The van der Waals surface area contributed by atoms with Gasteiger partial charge in [0.1, 0.15) is 0 Å². The topological polar surface area (TPSA) is 97.1 Å². The molecule has 0 saturated carbocycles. The van der Waals surface area contributed by atoms with Crippen molar-refractivity contribution < 1.29 is 14.0 Å². The van der Waals surface area contributed by atoms with E-state index in [1.807, 2.05) is 18.2 Å². The van der Waals surface area contributed by atoms with Gasteiger partial charge in [0, 0.05) is 13.0 Å². The smallest absolute Gasteiger partial charge is 0.321 e. The van der Waals surface area contributed by atoms with Gasteiger partial charge in [0.15, 0.2) is 0 Å². The number of benzene rings is 1. The maximum Gasteiger partial charge on any atom is 0.321 e. The third kappa shape index (κ3) is 6.42. The summed E-state index contributed by atoms with van der Waals surface area (Å²) in [7, 11) is 0. The summed E-state index contributed by atoms with van der Waals surface area (Å²) in [6.07, 6.45) is 2.14.